The van der Waals surface area contributed by atoms with E-state index in [0.717, 1.165) is 34.6 Å². The lowest BCUT2D eigenvalue weighted by Crippen LogP contribution is -2.34. The predicted molar refractivity (Wildman–Crippen MR) is 176 cm³/mol. The third-order valence-corrected chi connectivity index (χ3v) is 6.90. The van der Waals surface area contributed by atoms with Gasteiger partial charge in [-0.05, 0) is 65.6 Å². The van der Waals surface area contributed by atoms with Crippen LogP contribution >= 0.6 is 0 Å². The first-order valence-corrected chi connectivity index (χ1v) is 14.3. The molecule has 0 bridgehead atoms. The zero-order valence-electron chi connectivity index (χ0n) is 25.2. The second-order valence-electron chi connectivity index (χ2n) is 10.2. The molecule has 0 spiro atoms. The summed E-state index contributed by atoms with van der Waals surface area (Å²) in [4.78, 5) is 25.9. The van der Waals surface area contributed by atoms with Crippen molar-refractivity contribution in [3.8, 4) is 11.5 Å². The first-order valence-electron chi connectivity index (χ1n) is 14.3. The molecule has 5 rings (SSSR count). The Labute approximate surface area is 261 Å². The number of ether oxygens (including phenoxy) is 2. The Balaban J connectivity index is 0.00000109. The molecule has 1 amide bonds. The number of aromatic nitrogens is 1. The predicted octanol–water partition coefficient (Wildman–Crippen LogP) is 5.64. The molecule has 232 valence electrons. The van der Waals surface area contributed by atoms with Gasteiger partial charge in [-0.1, -0.05) is 54.6 Å². The Hall–Kier alpha value is -5.77. The molecule has 1 atom stereocenters. The SMILES string of the molecule is CC(=O)O.COc1cc([C@@H](Nc2ccc(C(=N)N)cc2)C(=O)NCCc2c[nH]c3ccccc23)ccc1OCc1ccccc1. The summed E-state index contributed by atoms with van der Waals surface area (Å²) in [5, 5.41) is 22.7. The number of nitrogen functional groups attached to an aromatic ring is 1. The van der Waals surface area contributed by atoms with Crippen molar-refractivity contribution >= 4 is 34.3 Å². The van der Waals surface area contributed by atoms with Gasteiger partial charge in [-0.25, -0.2) is 0 Å². The van der Waals surface area contributed by atoms with E-state index in [1.807, 2.05) is 72.9 Å². The maximum atomic E-state index is 13.6. The van der Waals surface area contributed by atoms with Gasteiger partial charge >= 0.3 is 0 Å². The van der Waals surface area contributed by atoms with Gasteiger partial charge in [0.1, 0.15) is 18.5 Å². The van der Waals surface area contributed by atoms with Crippen LogP contribution in [0.3, 0.4) is 0 Å². The van der Waals surface area contributed by atoms with Crippen molar-refractivity contribution in [1.29, 1.82) is 5.41 Å². The van der Waals surface area contributed by atoms with Gasteiger partial charge in [0.25, 0.3) is 5.97 Å². The first-order chi connectivity index (χ1) is 21.7. The van der Waals surface area contributed by atoms with E-state index >= 15 is 0 Å². The number of H-pyrrole nitrogens is 1. The van der Waals surface area contributed by atoms with Crippen molar-refractivity contribution < 1.29 is 24.2 Å². The summed E-state index contributed by atoms with van der Waals surface area (Å²) < 4.78 is 11.7. The van der Waals surface area contributed by atoms with Crippen molar-refractivity contribution in [3.05, 3.63) is 126 Å². The molecule has 10 nitrogen and oxygen atoms in total. The lowest BCUT2D eigenvalue weighted by atomic mass is 10.0. The number of methoxy groups -OCH3 is 1. The fraction of sp³-hybridized carbons (Fsp3) is 0.171. The van der Waals surface area contributed by atoms with Crippen LogP contribution in [-0.4, -0.2) is 41.5 Å². The molecule has 0 unspecified atom stereocenters. The van der Waals surface area contributed by atoms with Gasteiger partial charge in [0.2, 0.25) is 5.91 Å². The van der Waals surface area contributed by atoms with Gasteiger partial charge in [-0.15, -0.1) is 0 Å². The van der Waals surface area contributed by atoms with Crippen LogP contribution in [0.1, 0.15) is 35.2 Å². The molecule has 1 heterocycles. The van der Waals surface area contributed by atoms with Crippen LogP contribution in [0.15, 0.2) is 103 Å². The number of carboxylic acids is 1. The minimum Gasteiger partial charge on any atom is -0.493 e. The van der Waals surface area contributed by atoms with E-state index in [1.165, 1.54) is 0 Å². The number of hydrogen-bond acceptors (Lipinski definition) is 6. The van der Waals surface area contributed by atoms with Crippen LogP contribution in [0.4, 0.5) is 5.69 Å². The van der Waals surface area contributed by atoms with Crippen molar-refractivity contribution in [2.75, 3.05) is 19.0 Å². The van der Waals surface area contributed by atoms with E-state index in [4.69, 9.17) is 30.5 Å². The molecule has 0 aliphatic carbocycles. The Morgan fingerprint density at radius 3 is 2.33 bits per heavy atom. The number of rotatable bonds is 12. The fourth-order valence-electron chi connectivity index (χ4n) is 4.69. The van der Waals surface area contributed by atoms with Gasteiger partial charge in [0.05, 0.1) is 7.11 Å². The lowest BCUT2D eigenvalue weighted by molar-refractivity contribution is -0.134. The minimum atomic E-state index is -0.833. The van der Waals surface area contributed by atoms with Crippen LogP contribution < -0.4 is 25.8 Å². The number of fused-ring (bicyclic) bond motifs is 1. The summed E-state index contributed by atoms with van der Waals surface area (Å²) in [7, 11) is 1.58. The number of benzene rings is 4. The summed E-state index contributed by atoms with van der Waals surface area (Å²) in [6.45, 7) is 1.95. The second kappa shape index (κ2) is 15.6. The monoisotopic (exact) mass is 607 g/mol. The van der Waals surface area contributed by atoms with E-state index in [-0.39, 0.29) is 11.7 Å². The molecular formula is C35H37N5O5. The molecule has 45 heavy (non-hydrogen) atoms. The molecule has 0 radical (unpaired) electrons. The van der Waals surface area contributed by atoms with Gasteiger partial charge in [-0.2, -0.15) is 0 Å². The number of anilines is 1. The van der Waals surface area contributed by atoms with Crippen LogP contribution in [0.25, 0.3) is 10.9 Å². The number of carbonyl (C=O) groups excluding carboxylic acids is 1. The highest BCUT2D eigenvalue weighted by Crippen LogP contribution is 2.32. The third kappa shape index (κ3) is 9.11. The molecule has 0 saturated carbocycles. The van der Waals surface area contributed by atoms with E-state index in [2.05, 4.69) is 21.7 Å². The third-order valence-electron chi connectivity index (χ3n) is 6.90. The number of para-hydroxylation sites is 1. The van der Waals surface area contributed by atoms with Crippen molar-refractivity contribution in [1.82, 2.24) is 10.3 Å². The largest absolute Gasteiger partial charge is 0.493 e. The molecule has 4 aromatic carbocycles. The number of carbonyl (C=O) groups is 2. The second-order valence-corrected chi connectivity index (χ2v) is 10.2. The quantitative estimate of drug-likeness (QED) is 0.0789. The topological polar surface area (TPSA) is 163 Å². The summed E-state index contributed by atoms with van der Waals surface area (Å²) in [6, 6.07) is 29.9. The van der Waals surface area contributed by atoms with Crippen LogP contribution in [-0.2, 0) is 22.6 Å². The number of nitrogens with two attached hydrogens (primary N) is 1. The van der Waals surface area contributed by atoms with Crippen molar-refractivity contribution in [3.63, 3.8) is 0 Å². The molecule has 5 aromatic rings. The lowest BCUT2D eigenvalue weighted by Gasteiger charge is -2.22. The summed E-state index contributed by atoms with van der Waals surface area (Å²) in [5.41, 5.74) is 10.9. The Morgan fingerprint density at radius 1 is 0.956 bits per heavy atom. The average molecular weight is 608 g/mol. The molecule has 0 fully saturated rings. The zero-order chi connectivity index (χ0) is 32.2. The number of amidine groups is 1. The van der Waals surface area contributed by atoms with Crippen LogP contribution in [0.2, 0.25) is 0 Å². The Bertz CT molecular complexity index is 1730. The molecule has 0 aliphatic heterocycles. The molecule has 0 aliphatic rings. The number of aromatic amines is 1. The molecule has 0 saturated heterocycles. The van der Waals surface area contributed by atoms with Crippen LogP contribution in [0, 0.1) is 5.41 Å². The van der Waals surface area contributed by atoms with Gasteiger partial charge in [0.15, 0.2) is 11.5 Å². The standard InChI is InChI=1S/C33H33N5O3.C2H4O2/c1-40-30-19-24(13-16-29(30)41-21-22-7-3-2-4-8-22)31(38-26-14-11-23(12-15-26)32(34)35)33(39)36-18-17-25-20-37-28-10-6-5-9-27(25)28;1-2(3)4/h2-16,19-20,31,37-38H,17-18,21H2,1H3,(H3,34,35)(H,36,39);1H3,(H,3,4)/t31-;/m1./s1. The highest BCUT2D eigenvalue weighted by atomic mass is 16.5. The highest BCUT2D eigenvalue weighted by molar-refractivity contribution is 5.95. The molecule has 1 aromatic heterocycles. The number of nitrogens with one attached hydrogen (secondary N) is 4. The number of aliphatic carboxylic acids is 1. The van der Waals surface area contributed by atoms with E-state index in [0.29, 0.717) is 42.2 Å². The normalized spacial score (nSPS) is 11.1. The summed E-state index contributed by atoms with van der Waals surface area (Å²) >= 11 is 0. The fourth-order valence-corrected chi connectivity index (χ4v) is 4.69. The first kappa shape index (κ1) is 32.2. The van der Waals surface area contributed by atoms with Crippen molar-refractivity contribution in [2.45, 2.75) is 26.0 Å². The smallest absolute Gasteiger partial charge is 0.300 e. The van der Waals surface area contributed by atoms with E-state index < -0.39 is 12.0 Å². The minimum absolute atomic E-state index is 0.0149. The average Bonchev–Trinajstić information content (AvgIpc) is 3.46. The number of carboxylic acid groups (broad SMARTS) is 1. The molecular weight excluding hydrogens is 570 g/mol. The number of hydrogen-bond donors (Lipinski definition) is 6. The maximum absolute atomic E-state index is 13.6. The molecule has 7 N–H and O–H groups in total. The van der Waals surface area contributed by atoms with Crippen molar-refractivity contribution in [2.24, 2.45) is 5.73 Å². The Morgan fingerprint density at radius 2 is 1.64 bits per heavy atom. The maximum Gasteiger partial charge on any atom is 0.300 e. The summed E-state index contributed by atoms with van der Waals surface area (Å²) in [6.07, 6.45) is 2.67. The highest BCUT2D eigenvalue weighted by Gasteiger charge is 2.22. The Kier molecular flexibility index (Phi) is 11.2. The van der Waals surface area contributed by atoms with Crippen LogP contribution in [0.5, 0.6) is 11.5 Å². The number of amides is 1. The van der Waals surface area contributed by atoms with E-state index in [9.17, 15) is 4.79 Å². The van der Waals surface area contributed by atoms with Gasteiger partial charge < -0.3 is 35.9 Å². The van der Waals surface area contributed by atoms with E-state index in [1.54, 1.807) is 31.4 Å². The zero-order valence-corrected chi connectivity index (χ0v) is 25.2. The molecule has 10 heteroatoms. The van der Waals surface area contributed by atoms with Gasteiger partial charge in [-0.3, -0.25) is 15.0 Å². The van der Waals surface area contributed by atoms with Gasteiger partial charge in [0, 0.05) is 41.8 Å². The summed E-state index contributed by atoms with van der Waals surface area (Å²) in [5.74, 6) is 0.0904.